The zero-order chi connectivity index (χ0) is 18.0. The van der Waals surface area contributed by atoms with Crippen LogP contribution in [0.15, 0.2) is 53.4 Å². The molecule has 0 aromatic heterocycles. The van der Waals surface area contributed by atoms with Crippen molar-refractivity contribution in [1.29, 1.82) is 0 Å². The van der Waals surface area contributed by atoms with E-state index in [-0.39, 0.29) is 10.6 Å². The molecule has 0 aliphatic rings. The van der Waals surface area contributed by atoms with Gasteiger partial charge in [0.1, 0.15) is 5.82 Å². The van der Waals surface area contributed by atoms with Gasteiger partial charge in [0.15, 0.2) is 0 Å². The van der Waals surface area contributed by atoms with Crippen molar-refractivity contribution >= 4 is 25.7 Å². The Morgan fingerprint density at radius 1 is 0.917 bits per heavy atom. The average molecular weight is 372 g/mol. The zero-order valence-corrected chi connectivity index (χ0v) is 14.7. The first-order chi connectivity index (χ1) is 11.1. The summed E-state index contributed by atoms with van der Waals surface area (Å²) in [5.74, 6) is -0.400. The van der Waals surface area contributed by atoms with Crippen LogP contribution < -0.4 is 9.44 Å². The summed E-state index contributed by atoms with van der Waals surface area (Å²) in [4.78, 5) is -0.00415. The van der Waals surface area contributed by atoms with Gasteiger partial charge in [0, 0.05) is 11.7 Å². The van der Waals surface area contributed by atoms with E-state index in [4.69, 9.17) is 0 Å². The second kappa shape index (κ2) is 6.88. The van der Waals surface area contributed by atoms with Gasteiger partial charge in [-0.05, 0) is 48.9 Å². The molecule has 6 nitrogen and oxygen atoms in total. The quantitative estimate of drug-likeness (QED) is 0.813. The molecule has 2 aromatic rings. The number of sulfonamides is 2. The molecule has 0 aliphatic heterocycles. The summed E-state index contributed by atoms with van der Waals surface area (Å²) in [6, 6.07) is 10.3. The van der Waals surface area contributed by atoms with E-state index in [2.05, 4.69) is 9.44 Å². The van der Waals surface area contributed by atoms with E-state index >= 15 is 0 Å². The van der Waals surface area contributed by atoms with E-state index in [1.807, 2.05) is 0 Å². The maximum absolute atomic E-state index is 12.9. The third-order valence-corrected chi connectivity index (χ3v) is 5.33. The van der Waals surface area contributed by atoms with Crippen molar-refractivity contribution < 1.29 is 21.2 Å². The van der Waals surface area contributed by atoms with E-state index < -0.39 is 31.9 Å². The average Bonchev–Trinajstić information content (AvgIpc) is 2.46. The van der Waals surface area contributed by atoms with Crippen LogP contribution in [0.3, 0.4) is 0 Å². The number of rotatable bonds is 6. The first kappa shape index (κ1) is 18.4. The van der Waals surface area contributed by atoms with E-state index in [1.54, 1.807) is 6.92 Å². The monoisotopic (exact) mass is 372 g/mol. The van der Waals surface area contributed by atoms with Gasteiger partial charge in [0.2, 0.25) is 20.0 Å². The Balaban J connectivity index is 2.16. The normalized spacial score (nSPS) is 13.5. The SMILES string of the molecule is C[C@H](NS(=O)(=O)c1ccc(NS(C)(=O)=O)cc1)c1ccc(F)cc1. The highest BCUT2D eigenvalue weighted by molar-refractivity contribution is 7.92. The van der Waals surface area contributed by atoms with Gasteiger partial charge in [0.05, 0.1) is 11.2 Å². The van der Waals surface area contributed by atoms with Crippen molar-refractivity contribution in [3.8, 4) is 0 Å². The number of anilines is 1. The molecular formula is C15H17FN2O4S2. The van der Waals surface area contributed by atoms with E-state index in [1.165, 1.54) is 48.5 Å². The van der Waals surface area contributed by atoms with Gasteiger partial charge in [-0.25, -0.2) is 25.9 Å². The predicted octanol–water partition coefficient (Wildman–Crippen LogP) is 2.24. The van der Waals surface area contributed by atoms with Crippen molar-refractivity contribution in [2.75, 3.05) is 11.0 Å². The fourth-order valence-corrected chi connectivity index (χ4v) is 3.83. The lowest BCUT2D eigenvalue weighted by Gasteiger charge is -2.15. The van der Waals surface area contributed by atoms with Crippen LogP contribution in [0.4, 0.5) is 10.1 Å². The van der Waals surface area contributed by atoms with Crippen LogP contribution in [-0.4, -0.2) is 23.1 Å². The van der Waals surface area contributed by atoms with Crippen LogP contribution in [0.5, 0.6) is 0 Å². The number of hydrogen-bond acceptors (Lipinski definition) is 4. The molecule has 1 atom stereocenters. The first-order valence-corrected chi connectivity index (χ1v) is 10.3. The molecule has 0 saturated carbocycles. The summed E-state index contributed by atoms with van der Waals surface area (Å²) in [6.07, 6.45) is 1.00. The highest BCUT2D eigenvalue weighted by Crippen LogP contribution is 2.19. The molecule has 2 N–H and O–H groups in total. The van der Waals surface area contributed by atoms with Gasteiger partial charge in [0.25, 0.3) is 0 Å². The fraction of sp³-hybridized carbons (Fsp3) is 0.200. The van der Waals surface area contributed by atoms with Crippen LogP contribution in [0, 0.1) is 5.82 Å². The first-order valence-electron chi connectivity index (χ1n) is 6.92. The number of halogens is 1. The number of benzene rings is 2. The lowest BCUT2D eigenvalue weighted by atomic mass is 10.1. The second-order valence-corrected chi connectivity index (χ2v) is 8.76. The van der Waals surface area contributed by atoms with Crippen LogP contribution in [-0.2, 0) is 20.0 Å². The molecule has 0 bridgehead atoms. The van der Waals surface area contributed by atoms with Crippen LogP contribution in [0.2, 0.25) is 0 Å². The Labute approximate surface area is 140 Å². The molecule has 0 aliphatic carbocycles. The summed E-state index contributed by atoms with van der Waals surface area (Å²) in [7, 11) is -7.23. The molecule has 0 heterocycles. The molecule has 0 saturated heterocycles. The molecule has 0 radical (unpaired) electrons. The van der Waals surface area contributed by atoms with Crippen molar-refractivity contribution in [2.24, 2.45) is 0 Å². The molecule has 0 amide bonds. The summed E-state index contributed by atoms with van der Waals surface area (Å²) < 4.78 is 64.7. The van der Waals surface area contributed by atoms with E-state index in [0.29, 0.717) is 5.56 Å². The van der Waals surface area contributed by atoms with Gasteiger partial charge >= 0.3 is 0 Å². The van der Waals surface area contributed by atoms with Crippen LogP contribution >= 0.6 is 0 Å². The smallest absolute Gasteiger partial charge is 0.241 e. The summed E-state index contributed by atoms with van der Waals surface area (Å²) >= 11 is 0. The van der Waals surface area contributed by atoms with Crippen molar-refractivity contribution in [3.63, 3.8) is 0 Å². The van der Waals surface area contributed by atoms with Crippen LogP contribution in [0.25, 0.3) is 0 Å². The number of nitrogens with one attached hydrogen (secondary N) is 2. The predicted molar refractivity (Wildman–Crippen MR) is 90.0 cm³/mol. The van der Waals surface area contributed by atoms with E-state index in [9.17, 15) is 21.2 Å². The Kier molecular flexibility index (Phi) is 5.26. The Morgan fingerprint density at radius 3 is 1.96 bits per heavy atom. The summed E-state index contributed by atoms with van der Waals surface area (Å²) in [6.45, 7) is 1.64. The zero-order valence-electron chi connectivity index (χ0n) is 13.0. The Bertz CT molecular complexity index is 909. The lowest BCUT2D eigenvalue weighted by molar-refractivity contribution is 0.566. The Hall–Kier alpha value is -1.97. The highest BCUT2D eigenvalue weighted by Gasteiger charge is 2.18. The minimum atomic E-state index is -3.80. The van der Waals surface area contributed by atoms with Gasteiger partial charge in [-0.3, -0.25) is 4.72 Å². The molecular weight excluding hydrogens is 355 g/mol. The van der Waals surface area contributed by atoms with Gasteiger partial charge in [-0.15, -0.1) is 0 Å². The third-order valence-electron chi connectivity index (χ3n) is 3.17. The molecule has 0 unspecified atom stereocenters. The number of hydrogen-bond donors (Lipinski definition) is 2. The molecule has 130 valence electrons. The van der Waals surface area contributed by atoms with Crippen LogP contribution in [0.1, 0.15) is 18.5 Å². The summed E-state index contributed by atoms with van der Waals surface area (Å²) in [5, 5.41) is 0. The van der Waals surface area contributed by atoms with Gasteiger partial charge < -0.3 is 0 Å². The molecule has 0 fully saturated rings. The Morgan fingerprint density at radius 2 is 1.46 bits per heavy atom. The van der Waals surface area contributed by atoms with Gasteiger partial charge in [-0.1, -0.05) is 12.1 Å². The van der Waals surface area contributed by atoms with Crippen molar-refractivity contribution in [2.45, 2.75) is 17.9 Å². The summed E-state index contributed by atoms with van der Waals surface area (Å²) in [5.41, 5.74) is 0.887. The standard InChI is InChI=1S/C15H17FN2O4S2/c1-11(12-3-5-13(16)6-4-12)17-24(21,22)15-9-7-14(8-10-15)18-23(2,19)20/h3-11,17-18H,1-2H3/t11-/m0/s1. The highest BCUT2D eigenvalue weighted by atomic mass is 32.2. The second-order valence-electron chi connectivity index (χ2n) is 5.29. The minimum absolute atomic E-state index is 0.00415. The molecule has 2 aromatic carbocycles. The van der Waals surface area contributed by atoms with Gasteiger partial charge in [-0.2, -0.15) is 0 Å². The molecule has 2 rings (SSSR count). The topological polar surface area (TPSA) is 92.3 Å². The molecule has 9 heteroatoms. The lowest BCUT2D eigenvalue weighted by Crippen LogP contribution is -2.26. The maximum atomic E-state index is 12.9. The largest absolute Gasteiger partial charge is 0.284 e. The van der Waals surface area contributed by atoms with Crippen molar-refractivity contribution in [3.05, 3.63) is 59.9 Å². The van der Waals surface area contributed by atoms with E-state index in [0.717, 1.165) is 6.26 Å². The van der Waals surface area contributed by atoms with Crippen molar-refractivity contribution in [1.82, 2.24) is 4.72 Å². The molecule has 24 heavy (non-hydrogen) atoms. The molecule has 0 spiro atoms. The fourth-order valence-electron chi connectivity index (χ4n) is 2.04. The minimum Gasteiger partial charge on any atom is -0.284 e. The maximum Gasteiger partial charge on any atom is 0.241 e. The third kappa shape index (κ3) is 5.02.